The highest BCUT2D eigenvalue weighted by Gasteiger charge is 2.27. The Hall–Kier alpha value is -5.10. The second-order valence-electron chi connectivity index (χ2n) is 10.0. The normalized spacial score (nSPS) is 13.4. The molecule has 12 heteroatoms. The molecule has 3 aromatic carbocycles. The molecule has 1 fully saturated rings. The van der Waals surface area contributed by atoms with Crippen LogP contribution in [0.1, 0.15) is 22.8 Å². The minimum atomic E-state index is -1.13. The molecule has 228 valence electrons. The number of nitrogens with zero attached hydrogens (tertiary/aromatic N) is 4. The molecule has 2 N–H and O–H groups in total. The second kappa shape index (κ2) is 13.0. The van der Waals surface area contributed by atoms with Gasteiger partial charge in [-0.1, -0.05) is 25.6 Å². The Balaban J connectivity index is 1.46. The molecule has 0 bridgehead atoms. The van der Waals surface area contributed by atoms with Crippen LogP contribution in [0.5, 0.6) is 11.5 Å². The number of ether oxygens (including phenoxy) is 2. The number of rotatable bonds is 10. The summed E-state index contributed by atoms with van der Waals surface area (Å²) in [6.07, 6.45) is 2.74. The summed E-state index contributed by atoms with van der Waals surface area (Å²) < 4.78 is 40.0. The first-order valence-electron chi connectivity index (χ1n) is 14.0. The smallest absolute Gasteiger partial charge is 0.247 e. The fourth-order valence-corrected chi connectivity index (χ4v) is 5.02. The summed E-state index contributed by atoms with van der Waals surface area (Å²) in [4.78, 5) is 39.1. The number of ketones is 1. The summed E-state index contributed by atoms with van der Waals surface area (Å²) in [5.74, 6) is -4.02. The summed E-state index contributed by atoms with van der Waals surface area (Å²) in [6, 6.07) is 11.2. The predicted molar refractivity (Wildman–Crippen MR) is 165 cm³/mol. The Kier molecular flexibility index (Phi) is 9.00. The van der Waals surface area contributed by atoms with Crippen molar-refractivity contribution < 1.29 is 27.8 Å². The molecule has 10 nitrogen and oxygen atoms in total. The monoisotopic (exact) mass is 602 g/mol. The molecule has 1 aliphatic heterocycles. The Bertz CT molecular complexity index is 1710. The van der Waals surface area contributed by atoms with Crippen molar-refractivity contribution in [3.05, 3.63) is 84.1 Å². The molecule has 0 saturated carbocycles. The molecule has 1 aromatic heterocycles. The van der Waals surface area contributed by atoms with Gasteiger partial charge in [0.25, 0.3) is 0 Å². The molecule has 0 radical (unpaired) electrons. The van der Waals surface area contributed by atoms with Gasteiger partial charge in [-0.3, -0.25) is 9.59 Å². The average Bonchev–Trinajstić information content (AvgIpc) is 3.05. The first-order valence-corrected chi connectivity index (χ1v) is 14.0. The van der Waals surface area contributed by atoms with E-state index >= 15 is 8.78 Å². The maximum atomic E-state index is 15.0. The van der Waals surface area contributed by atoms with E-state index in [1.165, 1.54) is 32.4 Å². The second-order valence-corrected chi connectivity index (χ2v) is 10.0. The van der Waals surface area contributed by atoms with Crippen LogP contribution in [0, 0.1) is 11.6 Å². The SMILES string of the molecule is C=CC(=O)Nc1cc(N2CCN(CC)CC2)ccc1Nc1ncc2ccc(C(=O)c3c(F)c(OC)cc(OC)c3F)cc2n1. The number of hydrogen-bond acceptors (Lipinski definition) is 9. The molecule has 44 heavy (non-hydrogen) atoms. The molecule has 5 rings (SSSR count). The Morgan fingerprint density at radius 2 is 1.68 bits per heavy atom. The molecule has 2 heterocycles. The van der Waals surface area contributed by atoms with Gasteiger partial charge in [0, 0.05) is 55.1 Å². The molecular formula is C32H32F2N6O4. The lowest BCUT2D eigenvalue weighted by molar-refractivity contribution is -0.111. The van der Waals surface area contributed by atoms with Gasteiger partial charge in [0.15, 0.2) is 28.9 Å². The van der Waals surface area contributed by atoms with Crippen LogP contribution < -0.4 is 25.0 Å². The summed E-state index contributed by atoms with van der Waals surface area (Å²) in [5, 5.41) is 6.57. The van der Waals surface area contributed by atoms with Gasteiger partial charge in [0.1, 0.15) is 5.56 Å². The topological polar surface area (TPSA) is 109 Å². The van der Waals surface area contributed by atoms with E-state index in [9.17, 15) is 9.59 Å². The van der Waals surface area contributed by atoms with Crippen molar-refractivity contribution >= 4 is 45.6 Å². The van der Waals surface area contributed by atoms with Crippen LogP contribution in [0.3, 0.4) is 0 Å². The number of halogens is 2. The maximum Gasteiger partial charge on any atom is 0.247 e. The minimum absolute atomic E-state index is 0.00159. The molecule has 0 aliphatic carbocycles. The number of benzene rings is 3. The van der Waals surface area contributed by atoms with E-state index < -0.39 is 23.0 Å². The Labute approximate surface area is 253 Å². The fraction of sp³-hybridized carbons (Fsp3) is 0.250. The third kappa shape index (κ3) is 6.16. The first-order chi connectivity index (χ1) is 21.3. The van der Waals surface area contributed by atoms with Crippen molar-refractivity contribution in [2.45, 2.75) is 6.92 Å². The molecule has 1 saturated heterocycles. The van der Waals surface area contributed by atoms with E-state index in [1.54, 1.807) is 12.3 Å². The summed E-state index contributed by atoms with van der Waals surface area (Å²) in [7, 11) is 2.42. The van der Waals surface area contributed by atoms with Crippen LogP contribution in [0.15, 0.2) is 61.3 Å². The number of likely N-dealkylation sites (N-methyl/N-ethyl adjacent to an activating group) is 1. The van der Waals surface area contributed by atoms with E-state index in [0.29, 0.717) is 22.3 Å². The molecule has 0 spiro atoms. The van der Waals surface area contributed by atoms with Crippen LogP contribution in [0.4, 0.5) is 31.8 Å². The molecule has 0 atom stereocenters. The van der Waals surface area contributed by atoms with E-state index in [4.69, 9.17) is 9.47 Å². The van der Waals surface area contributed by atoms with Gasteiger partial charge >= 0.3 is 0 Å². The number of carbonyl (C=O) groups excluding carboxylic acids is 2. The molecule has 1 amide bonds. The number of methoxy groups -OCH3 is 2. The third-order valence-corrected chi connectivity index (χ3v) is 7.52. The first kappa shape index (κ1) is 30.4. The number of aromatic nitrogens is 2. The predicted octanol–water partition coefficient (Wildman–Crippen LogP) is 5.17. The quantitative estimate of drug-likeness (QED) is 0.188. The molecular weight excluding hydrogens is 570 g/mol. The van der Waals surface area contributed by atoms with Crippen LogP contribution in [0.25, 0.3) is 10.9 Å². The van der Waals surface area contributed by atoms with Gasteiger partial charge in [-0.2, -0.15) is 0 Å². The number of nitrogens with one attached hydrogen (secondary N) is 2. The summed E-state index contributed by atoms with van der Waals surface area (Å²) >= 11 is 0. The van der Waals surface area contributed by atoms with Crippen LogP contribution in [0.2, 0.25) is 0 Å². The van der Waals surface area contributed by atoms with Gasteiger partial charge in [-0.05, 0) is 36.9 Å². The summed E-state index contributed by atoms with van der Waals surface area (Å²) in [6.45, 7) is 10.3. The lowest BCUT2D eigenvalue weighted by Gasteiger charge is -2.35. The summed E-state index contributed by atoms with van der Waals surface area (Å²) in [5.41, 5.74) is 1.56. The molecule has 1 aliphatic rings. The van der Waals surface area contributed by atoms with Gasteiger partial charge in [-0.15, -0.1) is 0 Å². The number of hydrogen-bond donors (Lipinski definition) is 2. The van der Waals surface area contributed by atoms with Gasteiger partial charge in [-0.25, -0.2) is 18.7 Å². The fourth-order valence-electron chi connectivity index (χ4n) is 5.02. The molecule has 4 aromatic rings. The highest BCUT2D eigenvalue weighted by atomic mass is 19.1. The highest BCUT2D eigenvalue weighted by Crippen LogP contribution is 2.34. The van der Waals surface area contributed by atoms with E-state index in [1.807, 2.05) is 18.2 Å². The standard InChI is InChI=1S/C32H32F2N6O4/c1-5-27(41)36-24-16-21(40-13-11-39(6-2)12-14-40)9-10-22(24)37-32-35-18-20-8-7-19(15-23(20)38-32)31(42)28-29(33)25(43-3)17-26(44-4)30(28)34/h5,7-10,15-18H,1,6,11-14H2,2-4H3,(H,36,41)(H,35,37,38). The van der Waals surface area contributed by atoms with Crippen molar-refractivity contribution in [1.82, 2.24) is 14.9 Å². The number of amides is 1. The lowest BCUT2D eigenvalue weighted by atomic mass is 10.00. The number of carbonyl (C=O) groups is 2. The molecule has 0 unspecified atom stereocenters. The van der Waals surface area contributed by atoms with Crippen molar-refractivity contribution in [2.24, 2.45) is 0 Å². The lowest BCUT2D eigenvalue weighted by Crippen LogP contribution is -2.46. The van der Waals surface area contributed by atoms with E-state index in [0.717, 1.165) is 44.5 Å². The van der Waals surface area contributed by atoms with Crippen molar-refractivity contribution in [2.75, 3.05) is 62.5 Å². The van der Waals surface area contributed by atoms with Crippen molar-refractivity contribution in [3.63, 3.8) is 0 Å². The minimum Gasteiger partial charge on any atom is -0.494 e. The van der Waals surface area contributed by atoms with Crippen LogP contribution in [-0.2, 0) is 4.79 Å². The third-order valence-electron chi connectivity index (χ3n) is 7.52. The zero-order valence-corrected chi connectivity index (χ0v) is 24.6. The van der Waals surface area contributed by atoms with Crippen molar-refractivity contribution in [3.8, 4) is 11.5 Å². The van der Waals surface area contributed by atoms with Crippen LogP contribution >= 0.6 is 0 Å². The van der Waals surface area contributed by atoms with Crippen molar-refractivity contribution in [1.29, 1.82) is 0 Å². The van der Waals surface area contributed by atoms with E-state index in [-0.39, 0.29) is 28.9 Å². The van der Waals surface area contributed by atoms with E-state index in [2.05, 4.69) is 43.9 Å². The number of piperazine rings is 1. The maximum absolute atomic E-state index is 15.0. The highest BCUT2D eigenvalue weighted by molar-refractivity contribution is 6.11. The zero-order chi connectivity index (χ0) is 31.4. The average molecular weight is 603 g/mol. The van der Waals surface area contributed by atoms with Crippen LogP contribution in [-0.4, -0.2) is 73.5 Å². The van der Waals surface area contributed by atoms with Gasteiger partial charge < -0.3 is 29.9 Å². The van der Waals surface area contributed by atoms with Gasteiger partial charge in [0.2, 0.25) is 11.9 Å². The van der Waals surface area contributed by atoms with Gasteiger partial charge in [0.05, 0.1) is 31.1 Å². The Morgan fingerprint density at radius 1 is 0.977 bits per heavy atom. The zero-order valence-electron chi connectivity index (χ0n) is 24.6. The number of fused-ring (bicyclic) bond motifs is 1. The largest absolute Gasteiger partial charge is 0.494 e. The Morgan fingerprint density at radius 3 is 2.32 bits per heavy atom. The number of anilines is 4.